The fraction of sp³-hybridized carbons (Fsp3) is 0.0667. The molecule has 0 bridgehead atoms. The smallest absolute Gasteiger partial charge is 0.338 e. The Kier molecular flexibility index (Phi) is 4.32. The molecule has 0 spiro atoms. The van der Waals surface area contributed by atoms with E-state index >= 15 is 0 Å². The lowest BCUT2D eigenvalue weighted by Crippen LogP contribution is -2.20. The van der Waals surface area contributed by atoms with E-state index in [-0.39, 0.29) is 0 Å². The number of amides is 1. The molecular formula is C15H9N3O3S2. The standard InChI is InChI=1S/C15H9N3O3S2/c16-6-10-3-4-22-14(10)18-13(19)7-21-15(20)9-1-2-11-12(5-9)23-8-17-11/h1-5,8H,7H2,(H,18,19). The van der Waals surface area contributed by atoms with Gasteiger partial charge in [0.25, 0.3) is 5.91 Å². The number of benzene rings is 1. The molecule has 3 aromatic rings. The quantitative estimate of drug-likeness (QED) is 0.735. The van der Waals surface area contributed by atoms with Gasteiger partial charge in [-0.05, 0) is 29.6 Å². The zero-order valence-electron chi connectivity index (χ0n) is 11.6. The van der Waals surface area contributed by atoms with Gasteiger partial charge in [-0.2, -0.15) is 5.26 Å². The van der Waals surface area contributed by atoms with E-state index < -0.39 is 18.5 Å². The molecule has 0 unspecified atom stereocenters. The molecule has 8 heteroatoms. The van der Waals surface area contributed by atoms with Gasteiger partial charge in [-0.3, -0.25) is 4.79 Å². The van der Waals surface area contributed by atoms with Crippen molar-refractivity contribution in [2.75, 3.05) is 11.9 Å². The van der Waals surface area contributed by atoms with Crippen molar-refractivity contribution in [2.45, 2.75) is 0 Å². The number of esters is 1. The van der Waals surface area contributed by atoms with Crippen LogP contribution >= 0.6 is 22.7 Å². The highest BCUT2D eigenvalue weighted by molar-refractivity contribution is 7.16. The number of rotatable bonds is 4. The molecule has 0 aliphatic rings. The van der Waals surface area contributed by atoms with E-state index in [0.29, 0.717) is 16.1 Å². The Morgan fingerprint density at radius 3 is 3.00 bits per heavy atom. The lowest BCUT2D eigenvalue weighted by molar-refractivity contribution is -0.119. The summed E-state index contributed by atoms with van der Waals surface area (Å²) in [6.07, 6.45) is 0. The number of anilines is 1. The van der Waals surface area contributed by atoms with Crippen molar-refractivity contribution < 1.29 is 14.3 Å². The molecule has 1 N–H and O–H groups in total. The molecular weight excluding hydrogens is 334 g/mol. The van der Waals surface area contributed by atoms with Gasteiger partial charge in [-0.25, -0.2) is 9.78 Å². The summed E-state index contributed by atoms with van der Waals surface area (Å²) in [6, 6.07) is 8.59. The third-order valence-corrected chi connectivity index (χ3v) is 4.56. The molecule has 6 nitrogen and oxygen atoms in total. The summed E-state index contributed by atoms with van der Waals surface area (Å²) in [5, 5.41) is 13.6. The van der Waals surface area contributed by atoms with Crippen LogP contribution in [0, 0.1) is 11.3 Å². The molecule has 3 rings (SSSR count). The molecule has 0 saturated carbocycles. The molecule has 0 aliphatic carbocycles. The van der Waals surface area contributed by atoms with Crippen molar-refractivity contribution in [1.82, 2.24) is 4.98 Å². The highest BCUT2D eigenvalue weighted by Gasteiger charge is 2.13. The van der Waals surface area contributed by atoms with Crippen molar-refractivity contribution >= 4 is 49.8 Å². The van der Waals surface area contributed by atoms with Crippen molar-refractivity contribution in [3.05, 3.63) is 46.3 Å². The van der Waals surface area contributed by atoms with Gasteiger partial charge >= 0.3 is 5.97 Å². The molecule has 114 valence electrons. The lowest BCUT2D eigenvalue weighted by atomic mass is 10.2. The van der Waals surface area contributed by atoms with Crippen LogP contribution in [0.2, 0.25) is 0 Å². The van der Waals surface area contributed by atoms with E-state index in [0.717, 1.165) is 10.2 Å². The summed E-state index contributed by atoms with van der Waals surface area (Å²) in [6.45, 7) is -0.414. The first-order chi connectivity index (χ1) is 11.2. The molecule has 0 atom stereocenters. The monoisotopic (exact) mass is 343 g/mol. The second-order valence-corrected chi connectivity index (χ2v) is 6.24. The number of carbonyl (C=O) groups is 2. The Bertz CT molecular complexity index is 923. The van der Waals surface area contributed by atoms with Gasteiger partial charge in [0.15, 0.2) is 6.61 Å². The van der Waals surface area contributed by atoms with Crippen molar-refractivity contribution in [2.24, 2.45) is 0 Å². The van der Waals surface area contributed by atoms with Crippen LogP contribution in [0.4, 0.5) is 5.00 Å². The van der Waals surface area contributed by atoms with Crippen LogP contribution in [0.25, 0.3) is 10.2 Å². The van der Waals surface area contributed by atoms with E-state index in [1.54, 1.807) is 35.2 Å². The van der Waals surface area contributed by atoms with Crippen molar-refractivity contribution in [3.63, 3.8) is 0 Å². The fourth-order valence-electron chi connectivity index (χ4n) is 1.85. The SMILES string of the molecule is N#Cc1ccsc1NC(=O)COC(=O)c1ccc2ncsc2c1. The maximum Gasteiger partial charge on any atom is 0.338 e. The molecule has 1 aromatic carbocycles. The van der Waals surface area contributed by atoms with E-state index in [1.165, 1.54) is 22.7 Å². The second-order valence-electron chi connectivity index (χ2n) is 4.43. The zero-order chi connectivity index (χ0) is 16.2. The summed E-state index contributed by atoms with van der Waals surface area (Å²) in [4.78, 5) is 27.9. The number of thiophene rings is 1. The zero-order valence-corrected chi connectivity index (χ0v) is 13.2. The highest BCUT2D eigenvalue weighted by Crippen LogP contribution is 2.22. The van der Waals surface area contributed by atoms with Crippen LogP contribution in [0.5, 0.6) is 0 Å². The van der Waals surface area contributed by atoms with Crippen molar-refractivity contribution in [3.8, 4) is 6.07 Å². The maximum absolute atomic E-state index is 12.0. The summed E-state index contributed by atoms with van der Waals surface area (Å²) in [5.74, 6) is -1.07. The van der Waals surface area contributed by atoms with E-state index in [4.69, 9.17) is 10.00 Å². The number of thiazole rings is 1. The lowest BCUT2D eigenvalue weighted by Gasteiger charge is -2.05. The van der Waals surface area contributed by atoms with Crippen LogP contribution < -0.4 is 5.32 Å². The number of carbonyl (C=O) groups excluding carboxylic acids is 2. The molecule has 0 saturated heterocycles. The molecule has 0 aliphatic heterocycles. The Labute approximate surface area is 139 Å². The number of hydrogen-bond acceptors (Lipinski definition) is 7. The number of nitriles is 1. The topological polar surface area (TPSA) is 92.1 Å². The summed E-state index contributed by atoms with van der Waals surface area (Å²) in [7, 11) is 0. The van der Waals surface area contributed by atoms with Gasteiger partial charge in [0.1, 0.15) is 11.1 Å². The first-order valence-electron chi connectivity index (χ1n) is 6.45. The second kappa shape index (κ2) is 6.56. The Hall–Kier alpha value is -2.76. The Balaban J connectivity index is 1.60. The minimum atomic E-state index is -0.581. The number of fused-ring (bicyclic) bond motifs is 1. The van der Waals surface area contributed by atoms with Gasteiger partial charge in [-0.15, -0.1) is 22.7 Å². The van der Waals surface area contributed by atoms with Crippen LogP contribution in [-0.2, 0) is 9.53 Å². The van der Waals surface area contributed by atoms with Gasteiger partial charge in [-0.1, -0.05) is 0 Å². The number of nitrogens with zero attached hydrogens (tertiary/aromatic N) is 2. The third-order valence-electron chi connectivity index (χ3n) is 2.94. The molecule has 1 amide bonds. The molecule has 2 aromatic heterocycles. The van der Waals surface area contributed by atoms with Crippen molar-refractivity contribution in [1.29, 1.82) is 5.26 Å². The number of hydrogen-bond donors (Lipinski definition) is 1. The van der Waals surface area contributed by atoms with Gasteiger partial charge in [0, 0.05) is 0 Å². The van der Waals surface area contributed by atoms with E-state index in [1.807, 2.05) is 6.07 Å². The first kappa shape index (κ1) is 15.1. The molecule has 23 heavy (non-hydrogen) atoms. The summed E-state index contributed by atoms with van der Waals surface area (Å²) < 4.78 is 5.87. The van der Waals surface area contributed by atoms with Crippen LogP contribution in [0.3, 0.4) is 0 Å². The predicted octanol–water partition coefficient (Wildman–Crippen LogP) is 3.02. The molecule has 0 radical (unpaired) electrons. The third kappa shape index (κ3) is 3.36. The largest absolute Gasteiger partial charge is 0.452 e. The molecule has 2 heterocycles. The minimum Gasteiger partial charge on any atom is -0.452 e. The van der Waals surface area contributed by atoms with E-state index in [2.05, 4.69) is 10.3 Å². The first-order valence-corrected chi connectivity index (χ1v) is 8.21. The predicted molar refractivity (Wildman–Crippen MR) is 87.6 cm³/mol. The van der Waals surface area contributed by atoms with Gasteiger partial charge in [0.2, 0.25) is 0 Å². The van der Waals surface area contributed by atoms with Gasteiger partial charge < -0.3 is 10.1 Å². The minimum absolute atomic E-state index is 0.364. The summed E-state index contributed by atoms with van der Waals surface area (Å²) >= 11 is 2.66. The number of aromatic nitrogens is 1. The average molecular weight is 343 g/mol. The van der Waals surface area contributed by atoms with Crippen LogP contribution in [-0.4, -0.2) is 23.5 Å². The number of nitrogens with one attached hydrogen (secondary N) is 1. The Morgan fingerprint density at radius 1 is 1.30 bits per heavy atom. The summed E-state index contributed by atoms with van der Waals surface area (Å²) in [5.41, 5.74) is 3.25. The molecule has 0 fully saturated rings. The maximum atomic E-state index is 12.0. The van der Waals surface area contributed by atoms with Gasteiger partial charge in [0.05, 0.1) is 26.9 Å². The Morgan fingerprint density at radius 2 is 2.17 bits per heavy atom. The fourth-order valence-corrected chi connectivity index (χ4v) is 3.32. The van der Waals surface area contributed by atoms with Crippen LogP contribution in [0.1, 0.15) is 15.9 Å². The van der Waals surface area contributed by atoms with Crippen LogP contribution in [0.15, 0.2) is 35.2 Å². The normalized spacial score (nSPS) is 10.2. The highest BCUT2D eigenvalue weighted by atomic mass is 32.1. The number of ether oxygens (including phenoxy) is 1. The van der Waals surface area contributed by atoms with E-state index in [9.17, 15) is 9.59 Å². The average Bonchev–Trinajstić information content (AvgIpc) is 3.20.